The molecule has 4 aromatic rings. The molecule has 3 heterocycles. The van der Waals surface area contributed by atoms with E-state index in [0.29, 0.717) is 36.0 Å². The van der Waals surface area contributed by atoms with Crippen LogP contribution in [0.15, 0.2) is 73.1 Å². The maximum Gasteiger partial charge on any atom is 0.308 e. The minimum absolute atomic E-state index is 0.0592. The molecule has 1 N–H and O–H groups in total. The zero-order valence-corrected chi connectivity index (χ0v) is 28.3. The Morgan fingerprint density at radius 2 is 1.53 bits per heavy atom. The van der Waals surface area contributed by atoms with Crippen LogP contribution in [0.1, 0.15) is 90.9 Å². The van der Waals surface area contributed by atoms with Gasteiger partial charge in [0.05, 0.1) is 10.8 Å². The molecule has 2 aromatic carbocycles. The Bertz CT molecular complexity index is 1720. The molecule has 0 unspecified atom stereocenters. The number of benzene rings is 2. The summed E-state index contributed by atoms with van der Waals surface area (Å²) in [6.07, 6.45) is 9.81. The number of hydrogen-bond donors (Lipinski definition) is 1. The molecular formula is C39H43N3O4S. The van der Waals surface area contributed by atoms with E-state index in [-0.39, 0.29) is 30.1 Å². The number of thiophene rings is 1. The second-order valence-corrected chi connectivity index (χ2v) is 15.2. The zero-order valence-electron chi connectivity index (χ0n) is 27.4. The fraction of sp³-hybridized carbons (Fsp3) is 0.410. The highest BCUT2D eigenvalue weighted by Gasteiger charge is 2.35. The number of carbonyl (C=O) groups excluding carboxylic acids is 2. The molecule has 2 aromatic heterocycles. The van der Waals surface area contributed by atoms with Crippen molar-refractivity contribution in [3.8, 4) is 22.5 Å². The van der Waals surface area contributed by atoms with Gasteiger partial charge in [-0.2, -0.15) is 0 Å². The number of ketones is 1. The van der Waals surface area contributed by atoms with Gasteiger partial charge in [0.2, 0.25) is 5.91 Å². The molecule has 1 aliphatic heterocycles. The van der Waals surface area contributed by atoms with Crippen LogP contribution < -0.4 is 0 Å². The second-order valence-electron chi connectivity index (χ2n) is 14.1. The lowest BCUT2D eigenvalue weighted by molar-refractivity contribution is -0.141. The van der Waals surface area contributed by atoms with Crippen molar-refractivity contribution in [2.45, 2.75) is 77.0 Å². The van der Waals surface area contributed by atoms with E-state index in [0.717, 1.165) is 27.1 Å². The number of carboxylic acid groups (broad SMARTS) is 1. The van der Waals surface area contributed by atoms with E-state index in [1.807, 2.05) is 48.8 Å². The number of likely N-dealkylation sites (tertiary alicyclic amines) is 1. The molecule has 8 heteroatoms. The fourth-order valence-corrected chi connectivity index (χ4v) is 7.80. The SMILES string of the molecule is CC(C)(C)c1ccc(C(=O)C[C@@H](Cc2ccc(-c3ncc(-c4ccc(C5CCCC5)cc4)cn3)cc2)C(=O)N2CC[C@H](C(=O)O)C2)s1. The highest BCUT2D eigenvalue weighted by molar-refractivity contribution is 7.14. The van der Waals surface area contributed by atoms with E-state index in [1.165, 1.54) is 42.6 Å². The topological polar surface area (TPSA) is 100 Å². The number of amides is 1. The summed E-state index contributed by atoms with van der Waals surface area (Å²) in [5.41, 5.74) is 5.22. The van der Waals surface area contributed by atoms with Gasteiger partial charge in [0.15, 0.2) is 11.6 Å². The first-order valence-corrected chi connectivity index (χ1v) is 17.5. The molecule has 244 valence electrons. The molecule has 2 atom stereocenters. The number of Topliss-reactive ketones (excluding diaryl/α,β-unsaturated/α-hetero) is 1. The number of carbonyl (C=O) groups is 3. The molecule has 7 nitrogen and oxygen atoms in total. The molecule has 0 bridgehead atoms. The maximum absolute atomic E-state index is 13.7. The van der Waals surface area contributed by atoms with Crippen LogP contribution in [0.4, 0.5) is 0 Å². The van der Waals surface area contributed by atoms with Crippen LogP contribution in [0.5, 0.6) is 0 Å². The Morgan fingerprint density at radius 1 is 0.872 bits per heavy atom. The summed E-state index contributed by atoms with van der Waals surface area (Å²) in [5.74, 6) is -0.948. The van der Waals surface area contributed by atoms with Gasteiger partial charge in [-0.25, -0.2) is 9.97 Å². The third-order valence-electron chi connectivity index (χ3n) is 9.67. The summed E-state index contributed by atoms with van der Waals surface area (Å²) in [6, 6.07) is 20.5. The van der Waals surface area contributed by atoms with Crippen LogP contribution in [0.3, 0.4) is 0 Å². The minimum Gasteiger partial charge on any atom is -0.481 e. The van der Waals surface area contributed by atoms with Crippen molar-refractivity contribution >= 4 is 29.0 Å². The largest absolute Gasteiger partial charge is 0.481 e. The average molecular weight is 650 g/mol. The van der Waals surface area contributed by atoms with E-state index in [9.17, 15) is 19.5 Å². The van der Waals surface area contributed by atoms with E-state index in [4.69, 9.17) is 0 Å². The first-order valence-electron chi connectivity index (χ1n) is 16.7. The van der Waals surface area contributed by atoms with Crippen molar-refractivity contribution in [1.29, 1.82) is 0 Å². The lowest BCUT2D eigenvalue weighted by Crippen LogP contribution is -2.37. The molecule has 2 aliphatic rings. The van der Waals surface area contributed by atoms with Gasteiger partial charge >= 0.3 is 5.97 Å². The number of aromatic nitrogens is 2. The molecule has 47 heavy (non-hydrogen) atoms. The number of nitrogens with zero attached hydrogens (tertiary/aromatic N) is 3. The van der Waals surface area contributed by atoms with Crippen molar-refractivity contribution in [1.82, 2.24) is 14.9 Å². The quantitative estimate of drug-likeness (QED) is 0.174. The third kappa shape index (κ3) is 7.70. The zero-order chi connectivity index (χ0) is 33.1. The molecule has 6 rings (SSSR count). The molecule has 1 saturated carbocycles. The third-order valence-corrected chi connectivity index (χ3v) is 11.2. The van der Waals surface area contributed by atoms with Crippen LogP contribution in [0, 0.1) is 11.8 Å². The smallest absolute Gasteiger partial charge is 0.308 e. The Hall–Kier alpha value is -4.17. The monoisotopic (exact) mass is 649 g/mol. The predicted molar refractivity (Wildman–Crippen MR) is 186 cm³/mol. The van der Waals surface area contributed by atoms with Gasteiger partial charge in [-0.3, -0.25) is 14.4 Å². The van der Waals surface area contributed by atoms with Gasteiger partial charge in [-0.15, -0.1) is 11.3 Å². The van der Waals surface area contributed by atoms with E-state index < -0.39 is 17.8 Å². The van der Waals surface area contributed by atoms with Crippen LogP contribution in [0.25, 0.3) is 22.5 Å². The Morgan fingerprint density at radius 3 is 2.13 bits per heavy atom. The van der Waals surface area contributed by atoms with E-state index in [1.54, 1.807) is 4.90 Å². The predicted octanol–water partition coefficient (Wildman–Crippen LogP) is 8.19. The summed E-state index contributed by atoms with van der Waals surface area (Å²) in [5, 5.41) is 9.49. The second kappa shape index (κ2) is 13.9. The van der Waals surface area contributed by atoms with Crippen molar-refractivity contribution < 1.29 is 19.5 Å². The molecule has 1 amide bonds. The van der Waals surface area contributed by atoms with Gasteiger partial charge in [0, 0.05) is 53.8 Å². The Balaban J connectivity index is 1.15. The van der Waals surface area contributed by atoms with Crippen molar-refractivity contribution in [2.24, 2.45) is 11.8 Å². The van der Waals surface area contributed by atoms with Crippen LogP contribution in [0.2, 0.25) is 0 Å². The fourth-order valence-electron chi connectivity index (χ4n) is 6.79. The summed E-state index contributed by atoms with van der Waals surface area (Å²) < 4.78 is 0. The number of rotatable bonds is 10. The maximum atomic E-state index is 13.7. The van der Waals surface area contributed by atoms with Gasteiger partial charge in [-0.1, -0.05) is 82.1 Å². The van der Waals surface area contributed by atoms with Gasteiger partial charge in [-0.05, 0) is 65.8 Å². The Labute approximate surface area is 281 Å². The number of hydrogen-bond acceptors (Lipinski definition) is 6. The standard InChI is InChI=1S/C39H43N3O4S/c1-39(2,3)35-17-16-34(47-35)33(43)21-31(37(44)42-19-18-30(24-42)38(45)46)20-25-8-10-29(11-9-25)36-40-22-32(23-41-36)28-14-12-27(13-15-28)26-6-4-5-7-26/h8-17,22-23,26,30-31H,4-7,18-21,24H2,1-3H3,(H,45,46)/t30-,31+/m0/s1. The molecule has 0 radical (unpaired) electrons. The summed E-state index contributed by atoms with van der Waals surface area (Å²) >= 11 is 1.48. The van der Waals surface area contributed by atoms with Crippen LogP contribution >= 0.6 is 11.3 Å². The van der Waals surface area contributed by atoms with E-state index >= 15 is 0 Å². The van der Waals surface area contributed by atoms with Crippen molar-refractivity contribution in [3.63, 3.8) is 0 Å². The summed E-state index contributed by atoms with van der Waals surface area (Å²) in [7, 11) is 0. The molecule has 2 fully saturated rings. The van der Waals surface area contributed by atoms with Crippen molar-refractivity contribution in [3.05, 3.63) is 93.9 Å². The number of carboxylic acids is 1. The van der Waals surface area contributed by atoms with Crippen LogP contribution in [-0.4, -0.2) is 50.7 Å². The van der Waals surface area contributed by atoms with Gasteiger partial charge in [0.25, 0.3) is 0 Å². The first-order chi connectivity index (χ1) is 22.5. The Kier molecular flexibility index (Phi) is 9.69. The van der Waals surface area contributed by atoms with Crippen molar-refractivity contribution in [2.75, 3.05) is 13.1 Å². The first kappa shape index (κ1) is 32.8. The minimum atomic E-state index is -0.885. The molecule has 0 spiro atoms. The molecule has 1 aliphatic carbocycles. The van der Waals surface area contributed by atoms with E-state index in [2.05, 4.69) is 55.0 Å². The molecule has 1 saturated heterocycles. The highest BCUT2D eigenvalue weighted by atomic mass is 32.1. The van der Waals surface area contributed by atoms with Gasteiger partial charge < -0.3 is 10.0 Å². The highest BCUT2D eigenvalue weighted by Crippen LogP contribution is 2.35. The summed E-state index contributed by atoms with van der Waals surface area (Å²) in [4.78, 5) is 51.4. The average Bonchev–Trinajstić information content (AvgIpc) is 3.87. The van der Waals surface area contributed by atoms with Crippen LogP contribution in [-0.2, 0) is 21.4 Å². The summed E-state index contributed by atoms with van der Waals surface area (Å²) in [6.45, 7) is 6.92. The lowest BCUT2D eigenvalue weighted by Gasteiger charge is -2.23. The number of aliphatic carboxylic acids is 1. The lowest BCUT2D eigenvalue weighted by atomic mass is 9.92. The normalized spacial score (nSPS) is 17.6. The van der Waals surface area contributed by atoms with Gasteiger partial charge in [0.1, 0.15) is 0 Å². The molecular weight excluding hydrogens is 607 g/mol.